The molecule has 204 valence electrons. The van der Waals surface area contributed by atoms with Gasteiger partial charge in [0.15, 0.2) is 11.6 Å². The Hall–Kier alpha value is -4.13. The molecule has 10 nitrogen and oxygen atoms in total. The highest BCUT2D eigenvalue weighted by Gasteiger charge is 2.40. The number of nitrogens with two attached hydrogens (primary N) is 1. The Kier molecular flexibility index (Phi) is 9.11. The first-order chi connectivity index (χ1) is 17.2. The normalized spacial score (nSPS) is 11.3. The minimum atomic E-state index is -4.79. The van der Waals surface area contributed by atoms with E-state index in [0.29, 0.717) is 17.9 Å². The van der Waals surface area contributed by atoms with Gasteiger partial charge in [-0.3, -0.25) is 9.59 Å². The standard InChI is InChI=1S/C24H25F3N6O4.ClH/c1-5-37-18-8-13(10-30-20(18)34)19-29-11-17(12(2)31-19)33-22(36)32-14-6-7-15(23(3,4)21(28)35)16(9-14)24(25,26)27;/h6-11H,5H2,1-4H3,(H2,28,35)(H,30,34)(H2,32,33,36);1H. The Morgan fingerprint density at radius 3 is 2.39 bits per heavy atom. The lowest BCUT2D eigenvalue weighted by atomic mass is 9.80. The van der Waals surface area contributed by atoms with Crippen LogP contribution in [-0.4, -0.2) is 33.5 Å². The average molecular weight is 555 g/mol. The summed E-state index contributed by atoms with van der Waals surface area (Å²) in [6, 6.07) is 3.73. The number of benzene rings is 1. The average Bonchev–Trinajstić information content (AvgIpc) is 2.81. The van der Waals surface area contributed by atoms with E-state index >= 15 is 0 Å². The van der Waals surface area contributed by atoms with Crippen molar-refractivity contribution >= 4 is 35.7 Å². The van der Waals surface area contributed by atoms with E-state index in [2.05, 4.69) is 25.6 Å². The number of rotatable bonds is 7. The summed E-state index contributed by atoms with van der Waals surface area (Å²) in [4.78, 5) is 47.0. The number of carbonyl (C=O) groups excluding carboxylic acids is 2. The molecule has 3 rings (SSSR count). The van der Waals surface area contributed by atoms with Crippen LogP contribution in [0.5, 0.6) is 5.75 Å². The number of pyridine rings is 1. The molecule has 2 heterocycles. The van der Waals surface area contributed by atoms with Crippen molar-refractivity contribution in [2.24, 2.45) is 5.73 Å². The molecule has 0 aliphatic heterocycles. The van der Waals surface area contributed by atoms with Gasteiger partial charge in [0, 0.05) is 17.4 Å². The van der Waals surface area contributed by atoms with Crippen LogP contribution in [0.15, 0.2) is 41.5 Å². The molecule has 0 saturated carbocycles. The minimum absolute atomic E-state index is 0. The summed E-state index contributed by atoms with van der Waals surface area (Å²) in [5, 5.41) is 4.82. The van der Waals surface area contributed by atoms with E-state index in [4.69, 9.17) is 10.5 Å². The number of hydrogen-bond donors (Lipinski definition) is 4. The molecule has 0 saturated heterocycles. The molecule has 2 aromatic heterocycles. The smallest absolute Gasteiger partial charge is 0.416 e. The Morgan fingerprint density at radius 1 is 1.13 bits per heavy atom. The van der Waals surface area contributed by atoms with Crippen LogP contribution < -0.4 is 26.7 Å². The number of nitrogens with one attached hydrogen (secondary N) is 3. The maximum atomic E-state index is 13.7. The lowest BCUT2D eigenvalue weighted by Gasteiger charge is -2.26. The zero-order chi connectivity index (χ0) is 27.5. The first-order valence-electron chi connectivity index (χ1n) is 11.0. The fourth-order valence-corrected chi connectivity index (χ4v) is 3.40. The summed E-state index contributed by atoms with van der Waals surface area (Å²) in [7, 11) is 0. The molecular weight excluding hydrogens is 529 g/mol. The van der Waals surface area contributed by atoms with Crippen molar-refractivity contribution in [1.29, 1.82) is 0 Å². The zero-order valence-electron chi connectivity index (χ0n) is 20.8. The number of urea groups is 1. The number of hydrogen-bond acceptors (Lipinski definition) is 6. The van der Waals surface area contributed by atoms with Crippen LogP contribution in [0.3, 0.4) is 0 Å². The van der Waals surface area contributed by atoms with Crippen LogP contribution in [0.1, 0.15) is 37.6 Å². The molecule has 38 heavy (non-hydrogen) atoms. The number of anilines is 2. The molecule has 0 bridgehead atoms. The number of alkyl halides is 3. The Morgan fingerprint density at radius 2 is 1.82 bits per heavy atom. The molecule has 0 spiro atoms. The molecule has 0 fully saturated rings. The van der Waals surface area contributed by atoms with E-state index in [1.54, 1.807) is 13.8 Å². The predicted molar refractivity (Wildman–Crippen MR) is 138 cm³/mol. The van der Waals surface area contributed by atoms with E-state index in [1.165, 1.54) is 38.4 Å². The SMILES string of the molecule is CCOc1cc(-c2ncc(NC(=O)Nc3ccc(C(C)(C)C(N)=O)c(C(F)(F)F)c3)c(C)n2)c[nH]c1=O.Cl. The topological polar surface area (TPSA) is 152 Å². The van der Waals surface area contributed by atoms with Gasteiger partial charge in [0.05, 0.1) is 35.2 Å². The summed E-state index contributed by atoms with van der Waals surface area (Å²) >= 11 is 0. The minimum Gasteiger partial charge on any atom is -0.488 e. The molecule has 0 aliphatic rings. The van der Waals surface area contributed by atoms with Crippen molar-refractivity contribution in [2.45, 2.75) is 39.3 Å². The van der Waals surface area contributed by atoms with E-state index in [-0.39, 0.29) is 40.9 Å². The number of amides is 3. The summed E-state index contributed by atoms with van der Waals surface area (Å²) in [6.45, 7) is 6.20. The lowest BCUT2D eigenvalue weighted by molar-refractivity contribution is -0.139. The van der Waals surface area contributed by atoms with Crippen molar-refractivity contribution in [3.63, 3.8) is 0 Å². The number of ether oxygens (including phenoxy) is 1. The third-order valence-corrected chi connectivity index (χ3v) is 5.53. The molecule has 3 aromatic rings. The van der Waals surface area contributed by atoms with E-state index in [9.17, 15) is 27.6 Å². The number of aromatic nitrogens is 3. The lowest BCUT2D eigenvalue weighted by Crippen LogP contribution is -2.37. The fourth-order valence-electron chi connectivity index (χ4n) is 3.40. The number of aryl methyl sites for hydroxylation is 1. The van der Waals surface area contributed by atoms with Crippen molar-refractivity contribution in [3.05, 3.63) is 63.8 Å². The van der Waals surface area contributed by atoms with Gasteiger partial charge >= 0.3 is 12.2 Å². The molecule has 0 radical (unpaired) electrons. The van der Waals surface area contributed by atoms with Crippen LogP contribution in [0, 0.1) is 6.92 Å². The largest absolute Gasteiger partial charge is 0.488 e. The number of H-pyrrole nitrogens is 1. The second-order valence-electron chi connectivity index (χ2n) is 8.53. The second kappa shape index (κ2) is 11.5. The van der Waals surface area contributed by atoms with E-state index < -0.39 is 34.7 Å². The molecule has 3 amide bonds. The molecule has 1 aromatic carbocycles. The first kappa shape index (κ1) is 30.1. The van der Waals surface area contributed by atoms with Gasteiger partial charge < -0.3 is 26.1 Å². The predicted octanol–water partition coefficient (Wildman–Crippen LogP) is 4.39. The number of carbonyl (C=O) groups is 2. The molecular formula is C24H26ClF3N6O4. The monoisotopic (exact) mass is 554 g/mol. The van der Waals surface area contributed by atoms with Crippen LogP contribution in [0.2, 0.25) is 0 Å². The summed E-state index contributed by atoms with van der Waals surface area (Å²) in [6.07, 6.45) is -2.05. The van der Waals surface area contributed by atoms with Gasteiger partial charge in [-0.05, 0) is 51.5 Å². The Balaban J connectivity index is 0.00000507. The quantitative estimate of drug-likeness (QED) is 0.340. The van der Waals surface area contributed by atoms with Gasteiger partial charge in [-0.2, -0.15) is 13.2 Å². The molecule has 14 heteroatoms. The summed E-state index contributed by atoms with van der Waals surface area (Å²) in [5.41, 5.74) is 2.78. The van der Waals surface area contributed by atoms with E-state index in [1.807, 2.05) is 0 Å². The maximum absolute atomic E-state index is 13.7. The third-order valence-electron chi connectivity index (χ3n) is 5.53. The van der Waals surface area contributed by atoms with Crippen molar-refractivity contribution in [1.82, 2.24) is 15.0 Å². The van der Waals surface area contributed by atoms with Gasteiger partial charge in [-0.1, -0.05) is 6.07 Å². The molecule has 5 N–H and O–H groups in total. The van der Waals surface area contributed by atoms with Crippen LogP contribution in [0.4, 0.5) is 29.3 Å². The second-order valence-corrected chi connectivity index (χ2v) is 8.53. The zero-order valence-corrected chi connectivity index (χ0v) is 21.6. The van der Waals surface area contributed by atoms with Gasteiger partial charge in [0.25, 0.3) is 5.56 Å². The maximum Gasteiger partial charge on any atom is 0.416 e. The van der Waals surface area contributed by atoms with Gasteiger partial charge in [-0.15, -0.1) is 12.4 Å². The Labute approximate surface area is 221 Å². The van der Waals surface area contributed by atoms with E-state index in [0.717, 1.165) is 12.1 Å². The highest BCUT2D eigenvalue weighted by atomic mass is 35.5. The first-order valence-corrected chi connectivity index (χ1v) is 11.0. The van der Waals surface area contributed by atoms with Gasteiger partial charge in [-0.25, -0.2) is 14.8 Å². The fraction of sp³-hybridized carbons (Fsp3) is 0.292. The molecule has 0 atom stereocenters. The van der Waals surface area contributed by atoms with Crippen LogP contribution in [-0.2, 0) is 16.4 Å². The van der Waals surface area contributed by atoms with Crippen LogP contribution >= 0.6 is 12.4 Å². The molecule has 0 unspecified atom stereocenters. The van der Waals surface area contributed by atoms with Crippen molar-refractivity contribution in [3.8, 4) is 17.1 Å². The number of halogens is 4. The van der Waals surface area contributed by atoms with Gasteiger partial charge in [0.2, 0.25) is 5.91 Å². The Bertz CT molecular complexity index is 1410. The van der Waals surface area contributed by atoms with Crippen LogP contribution in [0.25, 0.3) is 11.4 Å². The summed E-state index contributed by atoms with van der Waals surface area (Å²) < 4.78 is 46.4. The highest BCUT2D eigenvalue weighted by molar-refractivity contribution is 6.00. The molecule has 0 aliphatic carbocycles. The third kappa shape index (κ3) is 6.59. The number of aromatic amines is 1. The highest BCUT2D eigenvalue weighted by Crippen LogP contribution is 2.39. The summed E-state index contributed by atoms with van der Waals surface area (Å²) in [5.74, 6) is -0.569. The number of nitrogens with zero attached hydrogens (tertiary/aromatic N) is 2. The van der Waals surface area contributed by atoms with Gasteiger partial charge in [0.1, 0.15) is 0 Å². The van der Waals surface area contributed by atoms with Crippen molar-refractivity contribution < 1.29 is 27.5 Å². The van der Waals surface area contributed by atoms with Crippen molar-refractivity contribution in [2.75, 3.05) is 17.2 Å². The number of primary amides is 1.